The summed E-state index contributed by atoms with van der Waals surface area (Å²) in [6.45, 7) is 3.79. The van der Waals surface area contributed by atoms with Crippen LogP contribution in [0.2, 0.25) is 0 Å². The van der Waals surface area contributed by atoms with Gasteiger partial charge in [-0.1, -0.05) is 30.3 Å². The lowest BCUT2D eigenvalue weighted by molar-refractivity contribution is -0.151. The molecule has 1 aliphatic rings. The average Bonchev–Trinajstić information content (AvgIpc) is 3.16. The van der Waals surface area contributed by atoms with E-state index in [0.717, 1.165) is 16.8 Å². The highest BCUT2D eigenvalue weighted by Gasteiger charge is 2.28. The van der Waals surface area contributed by atoms with E-state index in [0.29, 0.717) is 38.4 Å². The van der Waals surface area contributed by atoms with Gasteiger partial charge in [-0.05, 0) is 44.0 Å². The Balaban J connectivity index is 1.46. The van der Waals surface area contributed by atoms with Crippen molar-refractivity contribution < 1.29 is 19.1 Å². The van der Waals surface area contributed by atoms with Crippen LogP contribution in [0.15, 0.2) is 54.6 Å². The average molecular weight is 421 g/mol. The van der Waals surface area contributed by atoms with E-state index in [-0.39, 0.29) is 30.9 Å². The van der Waals surface area contributed by atoms with Crippen LogP contribution in [-0.4, -0.2) is 46.0 Å². The molecule has 2 aromatic carbocycles. The minimum Gasteiger partial charge on any atom is -0.486 e. The van der Waals surface area contributed by atoms with Crippen LogP contribution in [0.4, 0.5) is 0 Å². The van der Waals surface area contributed by atoms with Gasteiger partial charge in [0.25, 0.3) is 0 Å². The monoisotopic (exact) mass is 421 g/mol. The summed E-state index contributed by atoms with van der Waals surface area (Å²) in [5, 5.41) is 0. The fraction of sp³-hybridized carbons (Fsp3) is 0.375. The Bertz CT molecular complexity index is 1040. The van der Waals surface area contributed by atoms with Crippen molar-refractivity contribution in [3.63, 3.8) is 0 Å². The molecule has 7 heteroatoms. The van der Waals surface area contributed by atoms with Crippen LogP contribution >= 0.6 is 0 Å². The number of piperidine rings is 1. The van der Waals surface area contributed by atoms with Crippen molar-refractivity contribution in [2.45, 2.75) is 32.9 Å². The molecule has 0 saturated carbocycles. The highest BCUT2D eigenvalue weighted by Crippen LogP contribution is 2.21. The molecule has 4 rings (SSSR count). The third kappa shape index (κ3) is 4.87. The summed E-state index contributed by atoms with van der Waals surface area (Å²) in [4.78, 5) is 31.5. The molecule has 162 valence electrons. The zero-order valence-corrected chi connectivity index (χ0v) is 17.7. The van der Waals surface area contributed by atoms with Crippen molar-refractivity contribution >= 4 is 22.9 Å². The molecule has 2 heterocycles. The zero-order chi connectivity index (χ0) is 21.6. The maximum Gasteiger partial charge on any atom is 0.309 e. The SMILES string of the molecule is CCOC(=O)C1CCN(C(=O)Cn2c(COc3ccccc3)nc3ccccc32)CC1. The predicted molar refractivity (Wildman–Crippen MR) is 116 cm³/mol. The highest BCUT2D eigenvalue weighted by molar-refractivity contribution is 5.81. The smallest absolute Gasteiger partial charge is 0.309 e. The van der Waals surface area contributed by atoms with Gasteiger partial charge in [-0.3, -0.25) is 9.59 Å². The molecule has 0 aliphatic carbocycles. The first kappa shape index (κ1) is 20.9. The summed E-state index contributed by atoms with van der Waals surface area (Å²) in [5.41, 5.74) is 1.74. The number of amides is 1. The summed E-state index contributed by atoms with van der Waals surface area (Å²) in [6, 6.07) is 17.3. The lowest BCUT2D eigenvalue weighted by Crippen LogP contribution is -2.42. The maximum atomic E-state index is 13.1. The van der Waals surface area contributed by atoms with Crippen LogP contribution in [0.25, 0.3) is 11.0 Å². The molecule has 1 saturated heterocycles. The quantitative estimate of drug-likeness (QED) is 0.547. The molecule has 1 aliphatic heterocycles. The van der Waals surface area contributed by atoms with Crippen molar-refractivity contribution in [3.8, 4) is 5.75 Å². The molecule has 31 heavy (non-hydrogen) atoms. The topological polar surface area (TPSA) is 73.7 Å². The number of esters is 1. The van der Waals surface area contributed by atoms with Gasteiger partial charge < -0.3 is 18.9 Å². The number of nitrogens with zero attached hydrogens (tertiary/aromatic N) is 3. The molecule has 0 unspecified atom stereocenters. The second-order valence-corrected chi connectivity index (χ2v) is 7.61. The fourth-order valence-electron chi connectivity index (χ4n) is 3.94. The number of hydrogen-bond donors (Lipinski definition) is 0. The summed E-state index contributed by atoms with van der Waals surface area (Å²) < 4.78 is 12.9. The summed E-state index contributed by atoms with van der Waals surface area (Å²) >= 11 is 0. The molecule has 1 aromatic heterocycles. The standard InChI is InChI=1S/C24H27N3O4/c1-2-30-24(29)18-12-14-26(15-13-18)23(28)16-27-21-11-7-6-10-20(21)25-22(27)17-31-19-8-4-3-5-9-19/h3-11,18H,2,12-17H2,1H3. The number of benzene rings is 2. The Labute approximate surface area is 181 Å². The molecule has 1 amide bonds. The summed E-state index contributed by atoms with van der Waals surface area (Å²) in [5.74, 6) is 1.21. The van der Waals surface area contributed by atoms with E-state index in [1.807, 2.05) is 71.0 Å². The van der Waals surface area contributed by atoms with Gasteiger partial charge in [0.15, 0.2) is 0 Å². The number of hydrogen-bond acceptors (Lipinski definition) is 5. The number of imidazole rings is 1. The third-order valence-electron chi connectivity index (χ3n) is 5.61. The molecule has 0 N–H and O–H groups in total. The van der Waals surface area contributed by atoms with Gasteiger partial charge in [-0.15, -0.1) is 0 Å². The Morgan fingerprint density at radius 3 is 2.48 bits per heavy atom. The summed E-state index contributed by atoms with van der Waals surface area (Å²) in [6.07, 6.45) is 1.28. The Morgan fingerprint density at radius 2 is 1.74 bits per heavy atom. The number of ether oxygens (including phenoxy) is 2. The Morgan fingerprint density at radius 1 is 1.03 bits per heavy atom. The van der Waals surface area contributed by atoms with Gasteiger partial charge in [0.05, 0.1) is 23.6 Å². The molecule has 0 radical (unpaired) electrons. The highest BCUT2D eigenvalue weighted by atomic mass is 16.5. The first-order valence-electron chi connectivity index (χ1n) is 10.7. The van der Waals surface area contributed by atoms with Crippen molar-refractivity contribution in [2.75, 3.05) is 19.7 Å². The van der Waals surface area contributed by atoms with E-state index < -0.39 is 0 Å². The zero-order valence-electron chi connectivity index (χ0n) is 17.7. The van der Waals surface area contributed by atoms with Crippen LogP contribution in [0.3, 0.4) is 0 Å². The van der Waals surface area contributed by atoms with Gasteiger partial charge in [0.2, 0.25) is 5.91 Å². The molecule has 0 bridgehead atoms. The summed E-state index contributed by atoms with van der Waals surface area (Å²) in [7, 11) is 0. The molecular weight excluding hydrogens is 394 g/mol. The van der Waals surface area contributed by atoms with Crippen LogP contribution in [0.1, 0.15) is 25.6 Å². The number of likely N-dealkylation sites (tertiary alicyclic amines) is 1. The van der Waals surface area contributed by atoms with Gasteiger partial charge in [0.1, 0.15) is 24.7 Å². The number of rotatable bonds is 7. The largest absolute Gasteiger partial charge is 0.486 e. The van der Waals surface area contributed by atoms with Crippen LogP contribution in [-0.2, 0) is 27.5 Å². The van der Waals surface area contributed by atoms with Crippen molar-refractivity contribution in [1.29, 1.82) is 0 Å². The lowest BCUT2D eigenvalue weighted by Gasteiger charge is -2.31. The Kier molecular flexibility index (Phi) is 6.50. The van der Waals surface area contributed by atoms with E-state index >= 15 is 0 Å². The molecule has 1 fully saturated rings. The minimum absolute atomic E-state index is 0.0198. The van der Waals surface area contributed by atoms with E-state index in [9.17, 15) is 9.59 Å². The number of para-hydroxylation sites is 3. The van der Waals surface area contributed by atoms with Gasteiger partial charge in [0, 0.05) is 13.1 Å². The number of carbonyl (C=O) groups is 2. The van der Waals surface area contributed by atoms with Crippen molar-refractivity contribution in [3.05, 3.63) is 60.4 Å². The number of fused-ring (bicyclic) bond motifs is 1. The minimum atomic E-state index is -0.157. The molecule has 3 aromatic rings. The van der Waals surface area contributed by atoms with Crippen LogP contribution in [0, 0.1) is 5.92 Å². The van der Waals surface area contributed by atoms with Gasteiger partial charge >= 0.3 is 5.97 Å². The normalized spacial score (nSPS) is 14.5. The molecule has 0 spiro atoms. The molecule has 0 atom stereocenters. The van der Waals surface area contributed by atoms with E-state index in [4.69, 9.17) is 9.47 Å². The van der Waals surface area contributed by atoms with E-state index in [1.54, 1.807) is 0 Å². The van der Waals surface area contributed by atoms with E-state index in [1.165, 1.54) is 0 Å². The Hall–Kier alpha value is -3.35. The predicted octanol–water partition coefficient (Wildman–Crippen LogP) is 3.42. The maximum absolute atomic E-state index is 13.1. The fourth-order valence-corrected chi connectivity index (χ4v) is 3.94. The third-order valence-corrected chi connectivity index (χ3v) is 5.61. The molecule has 7 nitrogen and oxygen atoms in total. The molecular formula is C24H27N3O4. The van der Waals surface area contributed by atoms with Crippen LogP contribution in [0.5, 0.6) is 5.75 Å². The second-order valence-electron chi connectivity index (χ2n) is 7.61. The van der Waals surface area contributed by atoms with E-state index in [2.05, 4.69) is 4.98 Å². The first-order valence-corrected chi connectivity index (χ1v) is 10.7. The van der Waals surface area contributed by atoms with Crippen LogP contribution < -0.4 is 4.74 Å². The van der Waals surface area contributed by atoms with Gasteiger partial charge in [-0.25, -0.2) is 4.98 Å². The number of carbonyl (C=O) groups excluding carboxylic acids is 2. The van der Waals surface area contributed by atoms with Crippen molar-refractivity contribution in [1.82, 2.24) is 14.5 Å². The van der Waals surface area contributed by atoms with Gasteiger partial charge in [-0.2, -0.15) is 0 Å². The van der Waals surface area contributed by atoms with Crippen molar-refractivity contribution in [2.24, 2.45) is 5.92 Å². The first-order chi connectivity index (χ1) is 15.2. The number of aromatic nitrogens is 2. The lowest BCUT2D eigenvalue weighted by atomic mass is 9.97. The second kappa shape index (κ2) is 9.64.